The summed E-state index contributed by atoms with van der Waals surface area (Å²) in [5.41, 5.74) is 5.10. The Morgan fingerprint density at radius 1 is 1.00 bits per heavy atom. The molecule has 0 saturated heterocycles. The van der Waals surface area contributed by atoms with Crippen LogP contribution in [0.1, 0.15) is 21.7 Å². The van der Waals surface area contributed by atoms with Crippen molar-refractivity contribution in [1.82, 2.24) is 10.3 Å². The summed E-state index contributed by atoms with van der Waals surface area (Å²) >= 11 is 0. The first-order chi connectivity index (χ1) is 13.2. The van der Waals surface area contributed by atoms with Gasteiger partial charge in [0, 0.05) is 18.8 Å². The highest BCUT2D eigenvalue weighted by molar-refractivity contribution is 6.03. The number of aliphatic hydroxyl groups excluding tert-OH is 1. The number of hydrogen-bond acceptors (Lipinski definition) is 4. The van der Waals surface area contributed by atoms with Crippen LogP contribution in [0.5, 0.6) is 0 Å². The lowest BCUT2D eigenvalue weighted by Crippen LogP contribution is -2.20. The molecule has 27 heavy (non-hydrogen) atoms. The van der Waals surface area contributed by atoms with Crippen molar-refractivity contribution >= 4 is 11.6 Å². The van der Waals surface area contributed by atoms with Crippen molar-refractivity contribution in [2.24, 2.45) is 0 Å². The van der Waals surface area contributed by atoms with E-state index in [1.54, 1.807) is 6.07 Å². The van der Waals surface area contributed by atoms with Gasteiger partial charge in [-0.25, -0.2) is 4.98 Å². The number of pyridine rings is 1. The number of rotatable bonds is 7. The molecule has 0 saturated carbocycles. The van der Waals surface area contributed by atoms with Crippen molar-refractivity contribution in [3.63, 3.8) is 0 Å². The van der Waals surface area contributed by atoms with E-state index in [-0.39, 0.29) is 12.5 Å². The lowest BCUT2D eigenvalue weighted by Gasteiger charge is -2.13. The highest BCUT2D eigenvalue weighted by Gasteiger charge is 2.12. The maximum absolute atomic E-state index is 12.7. The molecule has 5 heteroatoms. The minimum absolute atomic E-state index is 0.0667. The van der Waals surface area contributed by atoms with Crippen LogP contribution in [0.3, 0.4) is 0 Å². The molecule has 0 radical (unpaired) electrons. The Kier molecular flexibility index (Phi) is 6.30. The zero-order chi connectivity index (χ0) is 19.1. The lowest BCUT2D eigenvalue weighted by atomic mass is 9.99. The molecule has 0 aliphatic heterocycles. The van der Waals surface area contributed by atoms with E-state index in [9.17, 15) is 4.79 Å². The van der Waals surface area contributed by atoms with E-state index in [4.69, 9.17) is 5.11 Å². The van der Waals surface area contributed by atoms with Crippen molar-refractivity contribution in [3.8, 4) is 11.1 Å². The molecule has 1 amide bonds. The van der Waals surface area contributed by atoms with Crippen molar-refractivity contribution in [1.29, 1.82) is 0 Å². The fourth-order valence-corrected chi connectivity index (χ4v) is 2.89. The second-order valence-electron chi connectivity index (χ2n) is 6.21. The summed E-state index contributed by atoms with van der Waals surface area (Å²) in [5, 5.41) is 14.9. The van der Waals surface area contributed by atoms with E-state index in [1.807, 2.05) is 55.5 Å². The molecule has 0 atom stereocenters. The summed E-state index contributed by atoms with van der Waals surface area (Å²) in [6, 6.07) is 21.3. The number of nitrogens with zero attached hydrogens (tertiary/aromatic N) is 1. The molecule has 0 aliphatic rings. The van der Waals surface area contributed by atoms with Gasteiger partial charge in [0.1, 0.15) is 5.69 Å². The molecule has 3 aromatic rings. The van der Waals surface area contributed by atoms with Gasteiger partial charge < -0.3 is 15.7 Å². The van der Waals surface area contributed by atoms with Crippen LogP contribution in [0.4, 0.5) is 5.69 Å². The smallest absolute Gasteiger partial charge is 0.274 e. The van der Waals surface area contributed by atoms with Gasteiger partial charge >= 0.3 is 0 Å². The number of carbonyl (C=O) groups is 1. The quantitative estimate of drug-likeness (QED) is 0.564. The third-order valence-corrected chi connectivity index (χ3v) is 4.30. The summed E-state index contributed by atoms with van der Waals surface area (Å²) < 4.78 is 0. The minimum Gasteiger partial charge on any atom is -0.395 e. The first-order valence-electron chi connectivity index (χ1n) is 8.93. The molecule has 1 aromatic heterocycles. The maximum atomic E-state index is 12.7. The summed E-state index contributed by atoms with van der Waals surface area (Å²) in [7, 11) is 0. The summed E-state index contributed by atoms with van der Waals surface area (Å²) in [6.07, 6.45) is 0. The number of aliphatic hydroxyl groups is 1. The fourth-order valence-electron chi connectivity index (χ4n) is 2.89. The normalized spacial score (nSPS) is 10.6. The van der Waals surface area contributed by atoms with Crippen molar-refractivity contribution < 1.29 is 9.90 Å². The second kappa shape index (κ2) is 9.07. The van der Waals surface area contributed by atoms with Crippen molar-refractivity contribution in [2.75, 3.05) is 18.5 Å². The monoisotopic (exact) mass is 361 g/mol. The van der Waals surface area contributed by atoms with E-state index in [1.165, 1.54) is 0 Å². The topological polar surface area (TPSA) is 74.2 Å². The Labute approximate surface area is 159 Å². The number of nitrogens with one attached hydrogen (secondary N) is 2. The van der Waals surface area contributed by atoms with E-state index in [0.717, 1.165) is 28.1 Å². The largest absolute Gasteiger partial charge is 0.395 e. The number of aromatic nitrogens is 1. The molecule has 3 N–H and O–H groups in total. The van der Waals surface area contributed by atoms with Crippen LogP contribution in [-0.2, 0) is 6.54 Å². The van der Waals surface area contributed by atoms with Gasteiger partial charge in [0.25, 0.3) is 5.91 Å². The minimum atomic E-state index is -0.243. The average molecular weight is 361 g/mol. The van der Waals surface area contributed by atoms with Crippen LogP contribution in [0.2, 0.25) is 0 Å². The third-order valence-electron chi connectivity index (χ3n) is 4.30. The van der Waals surface area contributed by atoms with Gasteiger partial charge in [-0.05, 0) is 41.8 Å². The van der Waals surface area contributed by atoms with E-state index in [0.29, 0.717) is 18.8 Å². The molecule has 0 unspecified atom stereocenters. The second-order valence-corrected chi connectivity index (χ2v) is 6.21. The Balaban J connectivity index is 1.78. The average Bonchev–Trinajstić information content (AvgIpc) is 2.70. The van der Waals surface area contributed by atoms with Gasteiger partial charge in [0.2, 0.25) is 0 Å². The van der Waals surface area contributed by atoms with Crippen LogP contribution >= 0.6 is 0 Å². The molecule has 0 spiro atoms. The van der Waals surface area contributed by atoms with Crippen LogP contribution in [0.25, 0.3) is 11.1 Å². The van der Waals surface area contributed by atoms with Gasteiger partial charge in [0.05, 0.1) is 12.3 Å². The first kappa shape index (κ1) is 18.8. The molecule has 0 fully saturated rings. The van der Waals surface area contributed by atoms with E-state index < -0.39 is 0 Å². The number of amides is 1. The van der Waals surface area contributed by atoms with Crippen molar-refractivity contribution in [3.05, 3.63) is 83.7 Å². The van der Waals surface area contributed by atoms with Crippen LogP contribution < -0.4 is 10.6 Å². The highest BCUT2D eigenvalue weighted by Crippen LogP contribution is 2.28. The Morgan fingerprint density at radius 3 is 2.56 bits per heavy atom. The Morgan fingerprint density at radius 2 is 1.78 bits per heavy atom. The predicted molar refractivity (Wildman–Crippen MR) is 108 cm³/mol. The molecular weight excluding hydrogens is 338 g/mol. The predicted octanol–water partition coefficient (Wildman–Crippen LogP) is 3.39. The summed E-state index contributed by atoms with van der Waals surface area (Å²) in [4.78, 5) is 17.1. The van der Waals surface area contributed by atoms with Gasteiger partial charge in [-0.3, -0.25) is 4.79 Å². The zero-order valence-corrected chi connectivity index (χ0v) is 15.3. The number of anilines is 1. The molecule has 5 nitrogen and oxygen atoms in total. The SMILES string of the molecule is Cc1c(NC(=O)c2cccc(CNCCO)n2)cccc1-c1ccccc1. The Bertz CT molecular complexity index is 910. The fraction of sp³-hybridized carbons (Fsp3) is 0.182. The molecule has 138 valence electrons. The van der Waals surface area contributed by atoms with Gasteiger partial charge in [-0.15, -0.1) is 0 Å². The van der Waals surface area contributed by atoms with Gasteiger partial charge in [-0.1, -0.05) is 48.5 Å². The van der Waals surface area contributed by atoms with Crippen LogP contribution in [0.15, 0.2) is 66.7 Å². The van der Waals surface area contributed by atoms with Crippen LogP contribution in [-0.4, -0.2) is 29.1 Å². The molecule has 0 aliphatic carbocycles. The number of hydrogen-bond donors (Lipinski definition) is 3. The highest BCUT2D eigenvalue weighted by atomic mass is 16.3. The van der Waals surface area contributed by atoms with E-state index >= 15 is 0 Å². The summed E-state index contributed by atoms with van der Waals surface area (Å²) in [5.74, 6) is -0.243. The molecule has 1 heterocycles. The summed E-state index contributed by atoms with van der Waals surface area (Å²) in [6.45, 7) is 3.06. The first-order valence-corrected chi connectivity index (χ1v) is 8.93. The van der Waals surface area contributed by atoms with Gasteiger partial charge in [0.15, 0.2) is 0 Å². The standard InChI is InChI=1S/C22H23N3O2/c1-16-19(17-7-3-2-4-8-17)10-6-11-20(16)25-22(27)21-12-5-9-18(24-21)15-23-13-14-26/h2-12,23,26H,13-15H2,1H3,(H,25,27). The third kappa shape index (κ3) is 4.78. The molecular formula is C22H23N3O2. The number of carbonyl (C=O) groups excluding carboxylic acids is 1. The van der Waals surface area contributed by atoms with Crippen LogP contribution in [0, 0.1) is 6.92 Å². The van der Waals surface area contributed by atoms with E-state index in [2.05, 4.69) is 27.8 Å². The Hall–Kier alpha value is -3.02. The lowest BCUT2D eigenvalue weighted by molar-refractivity contribution is 0.102. The van der Waals surface area contributed by atoms with Crippen molar-refractivity contribution in [2.45, 2.75) is 13.5 Å². The maximum Gasteiger partial charge on any atom is 0.274 e. The zero-order valence-electron chi connectivity index (χ0n) is 15.3. The molecule has 3 rings (SSSR count). The molecule has 0 bridgehead atoms. The molecule has 2 aromatic carbocycles. The van der Waals surface area contributed by atoms with Gasteiger partial charge in [-0.2, -0.15) is 0 Å². The number of benzene rings is 2.